The number of nitro groups is 1. The fourth-order valence-corrected chi connectivity index (χ4v) is 1.25. The van der Waals surface area contributed by atoms with Crippen LogP contribution in [0.1, 0.15) is 30.6 Å². The van der Waals surface area contributed by atoms with E-state index in [2.05, 4.69) is 5.32 Å². The van der Waals surface area contributed by atoms with Gasteiger partial charge in [-0.25, -0.2) is 0 Å². The maximum Gasteiger partial charge on any atom is 0.292 e. The summed E-state index contributed by atoms with van der Waals surface area (Å²) in [6.07, 6.45) is 0.794. The zero-order chi connectivity index (χ0) is 13.0. The van der Waals surface area contributed by atoms with Crippen molar-refractivity contribution in [3.8, 4) is 0 Å². The molecule has 0 aliphatic rings. The number of nitrogens with zero attached hydrogens (tertiary/aromatic N) is 1. The van der Waals surface area contributed by atoms with E-state index < -0.39 is 4.92 Å². The van der Waals surface area contributed by atoms with Crippen molar-refractivity contribution < 1.29 is 9.72 Å². The molecule has 0 aliphatic heterocycles. The first kappa shape index (κ1) is 13.0. The van der Waals surface area contributed by atoms with Gasteiger partial charge in [-0.05, 0) is 25.5 Å². The van der Waals surface area contributed by atoms with Crippen LogP contribution in [0.3, 0.4) is 0 Å². The van der Waals surface area contributed by atoms with Crippen molar-refractivity contribution in [3.63, 3.8) is 0 Å². The quantitative estimate of drug-likeness (QED) is 0.473. The Balaban J connectivity index is 2.96. The molecule has 1 rings (SSSR count). The fraction of sp³-hybridized carbons (Fsp3) is 0.364. The summed E-state index contributed by atoms with van der Waals surface area (Å²) in [6, 6.07) is 4.05. The largest absolute Gasteiger partial charge is 0.393 e. The molecule has 0 unspecified atom stereocenters. The van der Waals surface area contributed by atoms with Crippen molar-refractivity contribution in [1.29, 1.82) is 0 Å². The SMILES string of the molecule is CC[C@H](C)NC(=O)c1ccc(N)c([N+](=O)[O-])c1. The first-order chi connectivity index (χ1) is 7.95. The Labute approximate surface area is 99.0 Å². The number of nitrogens with one attached hydrogen (secondary N) is 1. The number of anilines is 1. The van der Waals surface area contributed by atoms with E-state index in [-0.39, 0.29) is 28.9 Å². The lowest BCUT2D eigenvalue weighted by Gasteiger charge is -2.11. The van der Waals surface area contributed by atoms with Crippen LogP contribution in [0.2, 0.25) is 0 Å². The molecular formula is C11H15N3O3. The molecule has 0 saturated heterocycles. The monoisotopic (exact) mass is 237 g/mol. The molecule has 3 N–H and O–H groups in total. The Hall–Kier alpha value is -2.11. The zero-order valence-electron chi connectivity index (χ0n) is 9.77. The van der Waals surface area contributed by atoms with Crippen LogP contribution < -0.4 is 11.1 Å². The Bertz CT molecular complexity index is 446. The van der Waals surface area contributed by atoms with Crippen LogP contribution in [-0.4, -0.2) is 16.9 Å². The normalized spacial score (nSPS) is 11.9. The molecule has 1 aromatic carbocycles. The minimum absolute atomic E-state index is 0.0270. The highest BCUT2D eigenvalue weighted by Gasteiger charge is 2.16. The molecule has 1 aromatic rings. The van der Waals surface area contributed by atoms with Gasteiger partial charge in [0.1, 0.15) is 5.69 Å². The highest BCUT2D eigenvalue weighted by molar-refractivity contribution is 5.95. The number of hydrogen-bond acceptors (Lipinski definition) is 4. The molecule has 0 aliphatic carbocycles. The molecule has 0 radical (unpaired) electrons. The number of carbonyl (C=O) groups is 1. The van der Waals surface area contributed by atoms with Gasteiger partial charge in [0.15, 0.2) is 0 Å². The Kier molecular flexibility index (Phi) is 4.03. The Morgan fingerprint density at radius 3 is 2.76 bits per heavy atom. The molecule has 0 fully saturated rings. The summed E-state index contributed by atoms with van der Waals surface area (Å²) in [6.45, 7) is 3.81. The van der Waals surface area contributed by atoms with E-state index in [1.165, 1.54) is 18.2 Å². The van der Waals surface area contributed by atoms with E-state index >= 15 is 0 Å². The maximum absolute atomic E-state index is 11.7. The van der Waals surface area contributed by atoms with E-state index in [0.717, 1.165) is 6.42 Å². The Morgan fingerprint density at radius 2 is 2.24 bits per heavy atom. The van der Waals surface area contributed by atoms with Crippen LogP contribution in [0.25, 0.3) is 0 Å². The molecule has 92 valence electrons. The number of carbonyl (C=O) groups excluding carboxylic acids is 1. The average Bonchev–Trinajstić information content (AvgIpc) is 2.28. The minimum Gasteiger partial charge on any atom is -0.393 e. The molecule has 0 bridgehead atoms. The third-order valence-electron chi connectivity index (χ3n) is 2.48. The highest BCUT2D eigenvalue weighted by atomic mass is 16.6. The third-order valence-corrected chi connectivity index (χ3v) is 2.48. The summed E-state index contributed by atoms with van der Waals surface area (Å²) >= 11 is 0. The lowest BCUT2D eigenvalue weighted by Crippen LogP contribution is -2.31. The molecule has 0 saturated carbocycles. The van der Waals surface area contributed by atoms with Crippen LogP contribution in [0.5, 0.6) is 0 Å². The summed E-state index contributed by atoms with van der Waals surface area (Å²) in [4.78, 5) is 21.8. The van der Waals surface area contributed by atoms with Gasteiger partial charge in [-0.3, -0.25) is 14.9 Å². The molecule has 6 nitrogen and oxygen atoms in total. The predicted octanol–water partition coefficient (Wildman–Crippen LogP) is 1.71. The van der Waals surface area contributed by atoms with Gasteiger partial charge >= 0.3 is 0 Å². The first-order valence-corrected chi connectivity index (χ1v) is 5.30. The van der Waals surface area contributed by atoms with Gasteiger partial charge in [0.05, 0.1) is 4.92 Å². The maximum atomic E-state index is 11.7. The summed E-state index contributed by atoms with van der Waals surface area (Å²) < 4.78 is 0. The highest BCUT2D eigenvalue weighted by Crippen LogP contribution is 2.22. The summed E-state index contributed by atoms with van der Waals surface area (Å²) in [5.74, 6) is -0.331. The van der Waals surface area contributed by atoms with Gasteiger partial charge in [-0.15, -0.1) is 0 Å². The Morgan fingerprint density at radius 1 is 1.59 bits per heavy atom. The number of nitro benzene ring substituents is 1. The van der Waals surface area contributed by atoms with Crippen LogP contribution in [0.4, 0.5) is 11.4 Å². The molecule has 0 aromatic heterocycles. The van der Waals surface area contributed by atoms with Gasteiger partial charge < -0.3 is 11.1 Å². The zero-order valence-corrected chi connectivity index (χ0v) is 9.77. The van der Waals surface area contributed by atoms with Crippen molar-refractivity contribution in [1.82, 2.24) is 5.32 Å². The van der Waals surface area contributed by atoms with Crippen LogP contribution in [0.15, 0.2) is 18.2 Å². The van der Waals surface area contributed by atoms with E-state index in [4.69, 9.17) is 5.73 Å². The number of hydrogen-bond donors (Lipinski definition) is 2. The molecule has 17 heavy (non-hydrogen) atoms. The van der Waals surface area contributed by atoms with Gasteiger partial charge in [0, 0.05) is 17.7 Å². The molecule has 0 heterocycles. The lowest BCUT2D eigenvalue weighted by atomic mass is 10.1. The third kappa shape index (κ3) is 3.17. The van der Waals surface area contributed by atoms with E-state index in [1.54, 1.807) is 0 Å². The van der Waals surface area contributed by atoms with Gasteiger partial charge in [-0.1, -0.05) is 6.92 Å². The lowest BCUT2D eigenvalue weighted by molar-refractivity contribution is -0.383. The van der Waals surface area contributed by atoms with Gasteiger partial charge in [-0.2, -0.15) is 0 Å². The van der Waals surface area contributed by atoms with Crippen molar-refractivity contribution in [3.05, 3.63) is 33.9 Å². The number of benzene rings is 1. The average molecular weight is 237 g/mol. The fourth-order valence-electron chi connectivity index (χ4n) is 1.25. The standard InChI is InChI=1S/C11H15N3O3/c1-3-7(2)13-11(15)8-4-5-9(12)10(6-8)14(16)17/h4-7H,3,12H2,1-2H3,(H,13,15)/t7-/m0/s1. The van der Waals surface area contributed by atoms with Crippen molar-refractivity contribution in [2.24, 2.45) is 0 Å². The van der Waals surface area contributed by atoms with Crippen molar-refractivity contribution in [2.45, 2.75) is 26.3 Å². The summed E-state index contributed by atoms with van der Waals surface area (Å²) in [7, 11) is 0. The summed E-state index contributed by atoms with van der Waals surface area (Å²) in [5.41, 5.74) is 5.49. The molecule has 6 heteroatoms. The van der Waals surface area contributed by atoms with Gasteiger partial charge in [0.25, 0.3) is 11.6 Å². The molecule has 1 amide bonds. The number of nitrogen functional groups attached to an aromatic ring is 1. The van der Waals surface area contributed by atoms with Crippen LogP contribution in [0, 0.1) is 10.1 Å². The molecule has 1 atom stereocenters. The smallest absolute Gasteiger partial charge is 0.292 e. The van der Waals surface area contributed by atoms with E-state index in [1.807, 2.05) is 13.8 Å². The number of amides is 1. The van der Waals surface area contributed by atoms with E-state index in [0.29, 0.717) is 0 Å². The summed E-state index contributed by atoms with van der Waals surface area (Å²) in [5, 5.41) is 13.4. The second-order valence-corrected chi connectivity index (χ2v) is 3.81. The molecular weight excluding hydrogens is 222 g/mol. The van der Waals surface area contributed by atoms with Crippen molar-refractivity contribution in [2.75, 3.05) is 5.73 Å². The number of rotatable bonds is 4. The van der Waals surface area contributed by atoms with Gasteiger partial charge in [0.2, 0.25) is 0 Å². The number of nitrogens with two attached hydrogens (primary N) is 1. The predicted molar refractivity (Wildman–Crippen MR) is 64.7 cm³/mol. The van der Waals surface area contributed by atoms with Crippen LogP contribution in [-0.2, 0) is 0 Å². The molecule has 0 spiro atoms. The van der Waals surface area contributed by atoms with Crippen LogP contribution >= 0.6 is 0 Å². The minimum atomic E-state index is -0.602. The van der Waals surface area contributed by atoms with Crippen molar-refractivity contribution >= 4 is 17.3 Å². The topological polar surface area (TPSA) is 98.3 Å². The first-order valence-electron chi connectivity index (χ1n) is 5.30. The second-order valence-electron chi connectivity index (χ2n) is 3.81. The van der Waals surface area contributed by atoms with E-state index in [9.17, 15) is 14.9 Å². The second kappa shape index (κ2) is 5.29.